The molecule has 0 aliphatic heterocycles. The van der Waals surface area contributed by atoms with Gasteiger partial charge in [0.2, 0.25) is 0 Å². The van der Waals surface area contributed by atoms with Crippen LogP contribution in [0.25, 0.3) is 10.9 Å². The summed E-state index contributed by atoms with van der Waals surface area (Å²) in [6.07, 6.45) is 3.07. The molecule has 3 nitrogen and oxygen atoms in total. The van der Waals surface area contributed by atoms with E-state index in [2.05, 4.69) is 41.2 Å². The average Bonchev–Trinajstić information content (AvgIpc) is 2.42. The van der Waals surface area contributed by atoms with Crippen molar-refractivity contribution in [2.45, 2.75) is 26.2 Å². The summed E-state index contributed by atoms with van der Waals surface area (Å²) in [5.41, 5.74) is 3.35. The van der Waals surface area contributed by atoms with Gasteiger partial charge in [0.15, 0.2) is 0 Å². The van der Waals surface area contributed by atoms with Gasteiger partial charge in [0.05, 0.1) is 5.52 Å². The largest absolute Gasteiger partial charge is 0.396 e. The second kappa shape index (κ2) is 6.53. The molecule has 19 heavy (non-hydrogen) atoms. The number of benzene rings is 1. The molecule has 0 bridgehead atoms. The molecular formula is C16H22N2O. The summed E-state index contributed by atoms with van der Waals surface area (Å²) >= 11 is 0. The molecule has 102 valence electrons. The van der Waals surface area contributed by atoms with Crippen LogP contribution in [0.2, 0.25) is 0 Å². The van der Waals surface area contributed by atoms with Gasteiger partial charge in [0.1, 0.15) is 0 Å². The molecule has 2 rings (SSSR count). The first kappa shape index (κ1) is 13.8. The van der Waals surface area contributed by atoms with Crippen LogP contribution in [0.5, 0.6) is 0 Å². The number of aromatic nitrogens is 1. The summed E-state index contributed by atoms with van der Waals surface area (Å²) in [4.78, 5) is 6.85. The van der Waals surface area contributed by atoms with Crippen molar-refractivity contribution >= 4 is 16.6 Å². The molecule has 0 fully saturated rings. The van der Waals surface area contributed by atoms with Crippen molar-refractivity contribution in [3.63, 3.8) is 0 Å². The van der Waals surface area contributed by atoms with Crippen LogP contribution < -0.4 is 4.90 Å². The minimum Gasteiger partial charge on any atom is -0.396 e. The number of anilines is 1. The van der Waals surface area contributed by atoms with Crippen LogP contribution in [-0.4, -0.2) is 30.3 Å². The van der Waals surface area contributed by atoms with Gasteiger partial charge < -0.3 is 10.0 Å². The number of aliphatic hydroxyl groups excluding tert-OH is 1. The molecule has 0 atom stereocenters. The molecular weight excluding hydrogens is 236 g/mol. The molecule has 3 heteroatoms. The molecule has 1 heterocycles. The Hall–Kier alpha value is -1.61. The SMILES string of the molecule is Cc1cc(N(C)CCCCCO)c2ccccc2n1. The van der Waals surface area contributed by atoms with Crippen LogP contribution in [0.3, 0.4) is 0 Å². The van der Waals surface area contributed by atoms with Crippen molar-refractivity contribution in [3.05, 3.63) is 36.0 Å². The maximum Gasteiger partial charge on any atom is 0.0726 e. The first-order chi connectivity index (χ1) is 9.22. The van der Waals surface area contributed by atoms with Crippen LogP contribution in [0.15, 0.2) is 30.3 Å². The molecule has 0 saturated heterocycles. The van der Waals surface area contributed by atoms with Gasteiger partial charge in [-0.15, -0.1) is 0 Å². The van der Waals surface area contributed by atoms with Gasteiger partial charge in [0.25, 0.3) is 0 Å². The number of pyridine rings is 1. The number of para-hydroxylation sites is 1. The van der Waals surface area contributed by atoms with Crippen molar-refractivity contribution < 1.29 is 5.11 Å². The highest BCUT2D eigenvalue weighted by molar-refractivity contribution is 5.91. The summed E-state index contributed by atoms with van der Waals surface area (Å²) in [7, 11) is 2.13. The quantitative estimate of drug-likeness (QED) is 0.809. The van der Waals surface area contributed by atoms with Crippen molar-refractivity contribution in [2.24, 2.45) is 0 Å². The zero-order valence-electron chi connectivity index (χ0n) is 11.8. The summed E-state index contributed by atoms with van der Waals surface area (Å²) in [5, 5.41) is 10.0. The third-order valence-electron chi connectivity index (χ3n) is 3.39. The Labute approximate surface area is 114 Å². The number of hydrogen-bond donors (Lipinski definition) is 1. The van der Waals surface area contributed by atoms with Crippen LogP contribution in [0, 0.1) is 6.92 Å². The molecule has 0 unspecified atom stereocenters. The van der Waals surface area contributed by atoms with Crippen LogP contribution in [0.1, 0.15) is 25.0 Å². The highest BCUT2D eigenvalue weighted by Crippen LogP contribution is 2.26. The van der Waals surface area contributed by atoms with E-state index in [0.29, 0.717) is 6.61 Å². The molecule has 1 N–H and O–H groups in total. The van der Waals surface area contributed by atoms with E-state index in [-0.39, 0.29) is 0 Å². The predicted octanol–water partition coefficient (Wildman–Crippen LogP) is 3.14. The van der Waals surface area contributed by atoms with Crippen molar-refractivity contribution in [1.82, 2.24) is 4.98 Å². The molecule has 0 aliphatic carbocycles. The van der Waals surface area contributed by atoms with Gasteiger partial charge in [-0.25, -0.2) is 0 Å². The van der Waals surface area contributed by atoms with E-state index in [1.165, 1.54) is 11.1 Å². The van der Waals surface area contributed by atoms with E-state index < -0.39 is 0 Å². The lowest BCUT2D eigenvalue weighted by molar-refractivity contribution is 0.283. The van der Waals surface area contributed by atoms with E-state index in [9.17, 15) is 0 Å². The first-order valence-electron chi connectivity index (χ1n) is 6.91. The number of aliphatic hydroxyl groups is 1. The van der Waals surface area contributed by atoms with Gasteiger partial charge >= 0.3 is 0 Å². The molecule has 0 radical (unpaired) electrons. The molecule has 1 aromatic carbocycles. The third-order valence-corrected chi connectivity index (χ3v) is 3.39. The van der Waals surface area contributed by atoms with E-state index in [4.69, 9.17) is 5.11 Å². The number of fused-ring (bicyclic) bond motifs is 1. The van der Waals surface area contributed by atoms with E-state index in [1.807, 2.05) is 13.0 Å². The highest BCUT2D eigenvalue weighted by Gasteiger charge is 2.07. The fourth-order valence-electron chi connectivity index (χ4n) is 2.36. The van der Waals surface area contributed by atoms with Crippen molar-refractivity contribution in [1.29, 1.82) is 0 Å². The lowest BCUT2D eigenvalue weighted by Crippen LogP contribution is -2.19. The van der Waals surface area contributed by atoms with Gasteiger partial charge in [-0.05, 0) is 38.3 Å². The van der Waals surface area contributed by atoms with Crippen LogP contribution >= 0.6 is 0 Å². The highest BCUT2D eigenvalue weighted by atomic mass is 16.2. The van der Waals surface area contributed by atoms with E-state index >= 15 is 0 Å². The maximum atomic E-state index is 8.80. The molecule has 0 saturated carbocycles. The third kappa shape index (κ3) is 3.44. The van der Waals surface area contributed by atoms with Crippen molar-refractivity contribution in [3.8, 4) is 0 Å². The molecule has 0 spiro atoms. The van der Waals surface area contributed by atoms with Crippen LogP contribution in [0.4, 0.5) is 5.69 Å². The Kier molecular flexibility index (Phi) is 4.74. The van der Waals surface area contributed by atoms with Gasteiger partial charge in [-0.1, -0.05) is 18.2 Å². The Morgan fingerprint density at radius 2 is 1.95 bits per heavy atom. The molecule has 1 aromatic heterocycles. The minimum atomic E-state index is 0.293. The Bertz CT molecular complexity index is 539. The normalized spacial score (nSPS) is 10.9. The average molecular weight is 258 g/mol. The van der Waals surface area contributed by atoms with Crippen molar-refractivity contribution in [2.75, 3.05) is 25.1 Å². The standard InChI is InChI=1S/C16H22N2O/c1-13-12-16(18(2)10-6-3-7-11-19)14-8-4-5-9-15(14)17-13/h4-5,8-9,12,19H,3,6-7,10-11H2,1-2H3. The van der Waals surface area contributed by atoms with Gasteiger partial charge in [0, 0.05) is 37.0 Å². The Balaban J connectivity index is 2.18. The summed E-state index contributed by atoms with van der Waals surface area (Å²) in [5.74, 6) is 0. The fraction of sp³-hybridized carbons (Fsp3) is 0.438. The number of hydrogen-bond acceptors (Lipinski definition) is 3. The molecule has 2 aromatic rings. The smallest absolute Gasteiger partial charge is 0.0726 e. The Morgan fingerprint density at radius 3 is 2.74 bits per heavy atom. The second-order valence-corrected chi connectivity index (χ2v) is 5.01. The number of unbranched alkanes of at least 4 members (excludes halogenated alkanes) is 2. The lowest BCUT2D eigenvalue weighted by atomic mass is 10.1. The second-order valence-electron chi connectivity index (χ2n) is 5.01. The molecule has 0 amide bonds. The topological polar surface area (TPSA) is 36.4 Å². The zero-order valence-corrected chi connectivity index (χ0v) is 11.8. The molecule has 0 aliphatic rings. The first-order valence-corrected chi connectivity index (χ1v) is 6.91. The number of rotatable bonds is 6. The summed E-state index contributed by atoms with van der Waals surface area (Å²) in [6.45, 7) is 3.34. The summed E-state index contributed by atoms with van der Waals surface area (Å²) in [6, 6.07) is 10.4. The fourth-order valence-corrected chi connectivity index (χ4v) is 2.36. The predicted molar refractivity (Wildman–Crippen MR) is 80.7 cm³/mol. The monoisotopic (exact) mass is 258 g/mol. The van der Waals surface area contributed by atoms with Gasteiger partial charge in [-0.3, -0.25) is 4.98 Å². The van der Waals surface area contributed by atoms with E-state index in [1.54, 1.807) is 0 Å². The van der Waals surface area contributed by atoms with Gasteiger partial charge in [-0.2, -0.15) is 0 Å². The maximum absolute atomic E-state index is 8.80. The lowest BCUT2D eigenvalue weighted by Gasteiger charge is -2.21. The summed E-state index contributed by atoms with van der Waals surface area (Å²) < 4.78 is 0. The van der Waals surface area contributed by atoms with E-state index in [0.717, 1.165) is 37.0 Å². The number of nitrogens with zero attached hydrogens (tertiary/aromatic N) is 2. The minimum absolute atomic E-state index is 0.293. The van der Waals surface area contributed by atoms with Crippen LogP contribution in [-0.2, 0) is 0 Å². The number of aryl methyl sites for hydroxylation is 1. The Morgan fingerprint density at radius 1 is 1.16 bits per heavy atom. The zero-order chi connectivity index (χ0) is 13.7.